The van der Waals surface area contributed by atoms with E-state index in [1.165, 1.54) is 11.8 Å². The predicted molar refractivity (Wildman–Crippen MR) is 83.0 cm³/mol. The number of nitriles is 1. The zero-order valence-corrected chi connectivity index (χ0v) is 13.8. The van der Waals surface area contributed by atoms with Gasteiger partial charge >= 0.3 is 0 Å². The Labute approximate surface area is 130 Å². The van der Waals surface area contributed by atoms with Crippen LogP contribution in [0.15, 0.2) is 17.2 Å². The Morgan fingerprint density at radius 3 is 2.67 bits per heavy atom. The minimum absolute atomic E-state index is 0.00241. The Bertz CT molecular complexity index is 661. The first-order valence-electron chi connectivity index (χ1n) is 7.39. The van der Waals surface area contributed by atoms with Crippen molar-refractivity contribution in [2.24, 2.45) is 16.7 Å². The summed E-state index contributed by atoms with van der Waals surface area (Å²) in [5.74, 6) is 0.515. The number of nitrogens with zero attached hydrogens (tertiary/aromatic N) is 2. The van der Waals surface area contributed by atoms with Crippen molar-refractivity contribution in [1.29, 1.82) is 5.26 Å². The van der Waals surface area contributed by atoms with Crippen molar-refractivity contribution in [3.63, 3.8) is 0 Å². The summed E-state index contributed by atoms with van der Waals surface area (Å²) in [7, 11) is 0. The van der Waals surface area contributed by atoms with E-state index in [4.69, 9.17) is 0 Å². The van der Waals surface area contributed by atoms with E-state index in [0.29, 0.717) is 16.4 Å². The van der Waals surface area contributed by atoms with E-state index in [0.717, 1.165) is 18.5 Å². The fourth-order valence-corrected chi connectivity index (χ4v) is 5.62. The van der Waals surface area contributed by atoms with Crippen LogP contribution in [0.25, 0.3) is 0 Å². The molecule has 2 bridgehead atoms. The number of aromatic nitrogens is 1. The number of rotatable bonds is 2. The number of carbonyl (C=O) groups is 1. The van der Waals surface area contributed by atoms with Crippen molar-refractivity contribution in [3.05, 3.63) is 23.4 Å². The van der Waals surface area contributed by atoms with Crippen LogP contribution in [-0.2, 0) is 4.79 Å². The quantitative estimate of drug-likeness (QED) is 0.834. The Morgan fingerprint density at radius 2 is 2.10 bits per heavy atom. The van der Waals surface area contributed by atoms with Crippen LogP contribution >= 0.6 is 11.8 Å². The normalized spacial score (nSPS) is 33.2. The van der Waals surface area contributed by atoms with Gasteiger partial charge < -0.3 is 0 Å². The number of ketones is 1. The zero-order chi connectivity index (χ0) is 15.4. The van der Waals surface area contributed by atoms with Gasteiger partial charge in [0.15, 0.2) is 0 Å². The maximum atomic E-state index is 12.7. The topological polar surface area (TPSA) is 53.8 Å². The van der Waals surface area contributed by atoms with E-state index in [1.54, 1.807) is 6.07 Å². The Hall–Kier alpha value is -1.34. The van der Waals surface area contributed by atoms with Crippen LogP contribution in [0.1, 0.15) is 44.9 Å². The molecule has 3 nitrogen and oxygen atoms in total. The first-order valence-corrected chi connectivity index (χ1v) is 8.27. The number of aryl methyl sites for hydroxylation is 1. The minimum Gasteiger partial charge on any atom is -0.298 e. The van der Waals surface area contributed by atoms with Gasteiger partial charge in [-0.25, -0.2) is 4.98 Å². The van der Waals surface area contributed by atoms with Crippen LogP contribution in [0, 0.1) is 35.0 Å². The lowest BCUT2D eigenvalue weighted by molar-refractivity contribution is -0.122. The molecule has 0 spiro atoms. The van der Waals surface area contributed by atoms with Gasteiger partial charge in [0.2, 0.25) is 0 Å². The second-order valence-corrected chi connectivity index (χ2v) is 8.14. The lowest BCUT2D eigenvalue weighted by Crippen LogP contribution is -2.35. The molecule has 110 valence electrons. The lowest BCUT2D eigenvalue weighted by Gasteiger charge is -2.37. The highest BCUT2D eigenvalue weighted by atomic mass is 32.2. The predicted octanol–water partition coefficient (Wildman–Crippen LogP) is 3.75. The van der Waals surface area contributed by atoms with E-state index in [1.807, 2.05) is 13.0 Å². The smallest absolute Gasteiger partial charge is 0.150 e. The number of fused-ring (bicyclic) bond motifs is 2. The van der Waals surface area contributed by atoms with Crippen LogP contribution in [0.2, 0.25) is 0 Å². The molecule has 1 heterocycles. The number of hydrogen-bond donors (Lipinski definition) is 0. The summed E-state index contributed by atoms with van der Waals surface area (Å²) in [5.41, 5.74) is 1.50. The highest BCUT2D eigenvalue weighted by Crippen LogP contribution is 2.67. The number of thioether (sulfide) groups is 1. The molecule has 0 amide bonds. The number of pyridine rings is 1. The van der Waals surface area contributed by atoms with Crippen molar-refractivity contribution < 1.29 is 4.79 Å². The molecule has 1 aromatic rings. The fraction of sp³-hybridized carbons (Fsp3) is 0.588. The summed E-state index contributed by atoms with van der Waals surface area (Å²) in [5, 5.41) is 9.89. The van der Waals surface area contributed by atoms with Gasteiger partial charge in [-0.3, -0.25) is 4.79 Å². The Balaban J connectivity index is 1.99. The molecule has 2 fully saturated rings. The Morgan fingerprint density at radius 1 is 1.38 bits per heavy atom. The molecule has 0 N–H and O–H groups in total. The summed E-state index contributed by atoms with van der Waals surface area (Å²) in [4.78, 5) is 17.2. The first kappa shape index (κ1) is 14.6. The third-order valence-corrected chi connectivity index (χ3v) is 7.35. The molecule has 0 aliphatic heterocycles. The first-order chi connectivity index (χ1) is 9.81. The van der Waals surface area contributed by atoms with E-state index >= 15 is 0 Å². The zero-order valence-electron chi connectivity index (χ0n) is 12.9. The molecule has 1 aromatic heterocycles. The van der Waals surface area contributed by atoms with Crippen molar-refractivity contribution in [1.82, 2.24) is 4.98 Å². The second-order valence-electron chi connectivity index (χ2n) is 7.05. The molecule has 21 heavy (non-hydrogen) atoms. The van der Waals surface area contributed by atoms with Gasteiger partial charge in [-0.15, -0.1) is 0 Å². The lowest BCUT2D eigenvalue weighted by atomic mass is 9.71. The van der Waals surface area contributed by atoms with Gasteiger partial charge in [0.05, 0.1) is 10.8 Å². The second kappa shape index (κ2) is 4.58. The summed E-state index contributed by atoms with van der Waals surface area (Å²) >= 11 is 1.51. The molecule has 4 heteroatoms. The van der Waals surface area contributed by atoms with Crippen LogP contribution in [-0.4, -0.2) is 16.0 Å². The van der Waals surface area contributed by atoms with Crippen molar-refractivity contribution in [2.45, 2.75) is 50.8 Å². The fourth-order valence-electron chi connectivity index (χ4n) is 4.00. The monoisotopic (exact) mass is 300 g/mol. The van der Waals surface area contributed by atoms with Gasteiger partial charge in [-0.05, 0) is 42.7 Å². The third-order valence-electron chi connectivity index (χ3n) is 5.83. The molecule has 2 aliphatic rings. The highest BCUT2D eigenvalue weighted by Gasteiger charge is 2.66. The van der Waals surface area contributed by atoms with Crippen LogP contribution in [0.3, 0.4) is 0 Å². The van der Waals surface area contributed by atoms with Crippen LogP contribution in [0.4, 0.5) is 0 Å². The van der Waals surface area contributed by atoms with E-state index in [9.17, 15) is 10.1 Å². The molecular weight excluding hydrogens is 280 g/mol. The summed E-state index contributed by atoms with van der Waals surface area (Å²) in [6.07, 6.45) is 2.09. The molecule has 0 saturated heterocycles. The summed E-state index contributed by atoms with van der Waals surface area (Å²) in [6, 6.07) is 5.84. The van der Waals surface area contributed by atoms with Gasteiger partial charge in [0, 0.05) is 11.6 Å². The van der Waals surface area contributed by atoms with E-state index in [-0.39, 0.29) is 22.0 Å². The van der Waals surface area contributed by atoms with Crippen LogP contribution < -0.4 is 0 Å². The van der Waals surface area contributed by atoms with E-state index in [2.05, 4.69) is 31.8 Å². The van der Waals surface area contributed by atoms with Crippen molar-refractivity contribution in [2.75, 3.05) is 0 Å². The standard InChI is InChI=1S/C17H20N2OS/c1-10-5-6-11(9-18)15(19-10)21-14-13(20)12-7-8-17(14,4)16(12,2)3/h5-6,12,14H,7-8H2,1-4H3/t12-,14-,17-/m1/s1. The number of hydrogen-bond acceptors (Lipinski definition) is 4. The molecule has 2 aliphatic carbocycles. The molecular formula is C17H20N2OS. The molecule has 2 saturated carbocycles. The highest BCUT2D eigenvalue weighted by molar-refractivity contribution is 8.00. The van der Waals surface area contributed by atoms with Crippen molar-refractivity contribution >= 4 is 17.5 Å². The SMILES string of the molecule is Cc1ccc(C#N)c(S[C@@H]2C(=O)[C@H]3CC[C@@]2(C)C3(C)C)n1. The third kappa shape index (κ3) is 1.87. The molecule has 3 rings (SSSR count). The van der Waals surface area contributed by atoms with E-state index < -0.39 is 0 Å². The maximum Gasteiger partial charge on any atom is 0.150 e. The average Bonchev–Trinajstić information content (AvgIpc) is 2.73. The summed E-state index contributed by atoms with van der Waals surface area (Å²) in [6.45, 7) is 8.59. The summed E-state index contributed by atoms with van der Waals surface area (Å²) < 4.78 is 0. The van der Waals surface area contributed by atoms with Gasteiger partial charge in [-0.2, -0.15) is 5.26 Å². The van der Waals surface area contributed by atoms with Gasteiger partial charge in [0.25, 0.3) is 0 Å². The maximum absolute atomic E-state index is 12.7. The molecule has 0 aromatic carbocycles. The number of Topliss-reactive ketones (excluding diaryl/α,β-unsaturated/α-hetero) is 1. The Kier molecular flexibility index (Phi) is 3.18. The largest absolute Gasteiger partial charge is 0.298 e. The van der Waals surface area contributed by atoms with Gasteiger partial charge in [-0.1, -0.05) is 32.5 Å². The average molecular weight is 300 g/mol. The number of carbonyl (C=O) groups excluding carboxylic acids is 1. The van der Waals surface area contributed by atoms with Crippen molar-refractivity contribution in [3.8, 4) is 6.07 Å². The van der Waals surface area contributed by atoms with Crippen LogP contribution in [0.5, 0.6) is 0 Å². The minimum atomic E-state index is -0.0763. The van der Waals surface area contributed by atoms with Gasteiger partial charge in [0.1, 0.15) is 16.9 Å². The molecule has 0 radical (unpaired) electrons. The molecule has 3 atom stereocenters. The molecule has 0 unspecified atom stereocenters.